The van der Waals surface area contributed by atoms with Gasteiger partial charge in [-0.25, -0.2) is 0 Å². The SMILES string of the molecule is CCCCc1ccc(N(C)C(=O)CN)cc1. The summed E-state index contributed by atoms with van der Waals surface area (Å²) in [4.78, 5) is 13.0. The van der Waals surface area contributed by atoms with Crippen LogP contribution in [0.3, 0.4) is 0 Å². The summed E-state index contributed by atoms with van der Waals surface area (Å²) < 4.78 is 0. The molecule has 16 heavy (non-hydrogen) atoms. The highest BCUT2D eigenvalue weighted by Crippen LogP contribution is 2.15. The number of anilines is 1. The number of nitrogens with zero attached hydrogens (tertiary/aromatic N) is 1. The van der Waals surface area contributed by atoms with Gasteiger partial charge in [-0.1, -0.05) is 25.5 Å². The van der Waals surface area contributed by atoms with Crippen molar-refractivity contribution in [2.75, 3.05) is 18.5 Å². The number of amides is 1. The first-order chi connectivity index (χ1) is 7.69. The Morgan fingerprint density at radius 1 is 1.31 bits per heavy atom. The first-order valence-electron chi connectivity index (χ1n) is 5.74. The number of carbonyl (C=O) groups is 1. The average Bonchev–Trinajstić information content (AvgIpc) is 2.35. The molecule has 3 nitrogen and oxygen atoms in total. The largest absolute Gasteiger partial charge is 0.322 e. The predicted octanol–water partition coefficient (Wildman–Crippen LogP) is 1.95. The molecule has 0 aliphatic carbocycles. The third kappa shape index (κ3) is 3.35. The Morgan fingerprint density at radius 2 is 1.94 bits per heavy atom. The number of unbranched alkanes of at least 4 members (excludes halogenated alkanes) is 1. The topological polar surface area (TPSA) is 46.3 Å². The van der Waals surface area contributed by atoms with E-state index in [2.05, 4.69) is 19.1 Å². The Labute approximate surface area is 97.2 Å². The molecule has 0 aliphatic heterocycles. The molecule has 0 radical (unpaired) electrons. The lowest BCUT2D eigenvalue weighted by Gasteiger charge is -2.16. The van der Waals surface area contributed by atoms with E-state index in [1.54, 1.807) is 11.9 Å². The van der Waals surface area contributed by atoms with Crippen molar-refractivity contribution >= 4 is 11.6 Å². The van der Waals surface area contributed by atoms with E-state index in [1.165, 1.54) is 18.4 Å². The zero-order chi connectivity index (χ0) is 12.0. The zero-order valence-corrected chi connectivity index (χ0v) is 10.1. The lowest BCUT2D eigenvalue weighted by molar-refractivity contribution is -0.117. The van der Waals surface area contributed by atoms with Crippen LogP contribution in [-0.2, 0) is 11.2 Å². The van der Waals surface area contributed by atoms with E-state index in [9.17, 15) is 4.79 Å². The van der Waals surface area contributed by atoms with Gasteiger partial charge in [0.1, 0.15) is 0 Å². The Balaban J connectivity index is 2.67. The minimum Gasteiger partial charge on any atom is -0.322 e. The first kappa shape index (κ1) is 12.7. The van der Waals surface area contributed by atoms with E-state index in [-0.39, 0.29) is 12.5 Å². The maximum Gasteiger partial charge on any atom is 0.240 e. The van der Waals surface area contributed by atoms with Crippen LogP contribution in [-0.4, -0.2) is 19.5 Å². The molecule has 0 heterocycles. The molecule has 2 N–H and O–H groups in total. The molecular weight excluding hydrogens is 200 g/mol. The number of nitrogens with two attached hydrogens (primary N) is 1. The third-order valence-electron chi connectivity index (χ3n) is 2.69. The Morgan fingerprint density at radius 3 is 2.44 bits per heavy atom. The van der Waals surface area contributed by atoms with Crippen LogP contribution in [0.15, 0.2) is 24.3 Å². The first-order valence-corrected chi connectivity index (χ1v) is 5.74. The van der Waals surface area contributed by atoms with Crippen molar-refractivity contribution in [1.29, 1.82) is 0 Å². The molecule has 0 aliphatic rings. The van der Waals surface area contributed by atoms with Crippen LogP contribution in [0.2, 0.25) is 0 Å². The fourth-order valence-electron chi connectivity index (χ4n) is 1.55. The molecule has 0 atom stereocenters. The molecule has 1 rings (SSSR count). The highest BCUT2D eigenvalue weighted by Gasteiger charge is 2.07. The summed E-state index contributed by atoms with van der Waals surface area (Å²) in [6, 6.07) is 8.09. The fraction of sp³-hybridized carbons (Fsp3) is 0.462. The van der Waals surface area contributed by atoms with Crippen molar-refractivity contribution in [2.24, 2.45) is 5.73 Å². The standard InChI is InChI=1S/C13H20N2O/c1-3-4-5-11-6-8-12(9-7-11)15(2)13(16)10-14/h6-9H,3-5,10,14H2,1-2H3. The summed E-state index contributed by atoms with van der Waals surface area (Å²) in [6.45, 7) is 2.23. The molecule has 0 aromatic heterocycles. The molecular formula is C13H20N2O. The van der Waals surface area contributed by atoms with Gasteiger partial charge >= 0.3 is 0 Å². The summed E-state index contributed by atoms with van der Waals surface area (Å²) in [5.74, 6) is -0.0682. The fourth-order valence-corrected chi connectivity index (χ4v) is 1.55. The molecule has 3 heteroatoms. The minimum absolute atomic E-state index is 0.0497. The highest BCUT2D eigenvalue weighted by molar-refractivity contribution is 5.94. The molecule has 1 aromatic carbocycles. The van der Waals surface area contributed by atoms with Crippen LogP contribution in [0.4, 0.5) is 5.69 Å². The van der Waals surface area contributed by atoms with Gasteiger partial charge in [-0.2, -0.15) is 0 Å². The molecule has 1 amide bonds. The number of aryl methyl sites for hydroxylation is 1. The number of carbonyl (C=O) groups excluding carboxylic acids is 1. The third-order valence-corrected chi connectivity index (χ3v) is 2.69. The second-order valence-corrected chi connectivity index (χ2v) is 3.93. The van der Waals surface area contributed by atoms with Gasteiger partial charge in [0.05, 0.1) is 6.54 Å². The Bertz CT molecular complexity index is 332. The summed E-state index contributed by atoms with van der Waals surface area (Å²) in [6.07, 6.45) is 3.51. The van der Waals surface area contributed by atoms with Gasteiger partial charge in [0.2, 0.25) is 5.91 Å². The van der Waals surface area contributed by atoms with Crippen molar-refractivity contribution < 1.29 is 4.79 Å². The normalized spacial score (nSPS) is 10.2. The lowest BCUT2D eigenvalue weighted by atomic mass is 10.1. The number of hydrogen-bond acceptors (Lipinski definition) is 2. The maximum absolute atomic E-state index is 11.4. The van der Waals surface area contributed by atoms with E-state index in [4.69, 9.17) is 5.73 Å². The second-order valence-electron chi connectivity index (χ2n) is 3.93. The minimum atomic E-state index is -0.0682. The van der Waals surface area contributed by atoms with Gasteiger partial charge in [0, 0.05) is 12.7 Å². The number of likely N-dealkylation sites (N-methyl/N-ethyl adjacent to an activating group) is 1. The molecule has 0 fully saturated rings. The van der Waals surface area contributed by atoms with E-state index in [1.807, 2.05) is 12.1 Å². The van der Waals surface area contributed by atoms with Gasteiger partial charge in [0.25, 0.3) is 0 Å². The smallest absolute Gasteiger partial charge is 0.240 e. The summed E-state index contributed by atoms with van der Waals surface area (Å²) >= 11 is 0. The average molecular weight is 220 g/mol. The maximum atomic E-state index is 11.4. The van der Waals surface area contributed by atoms with Crippen LogP contribution in [0.25, 0.3) is 0 Å². The van der Waals surface area contributed by atoms with Gasteiger partial charge < -0.3 is 10.6 Å². The van der Waals surface area contributed by atoms with Crippen LogP contribution in [0.1, 0.15) is 25.3 Å². The summed E-state index contributed by atoms with van der Waals surface area (Å²) in [7, 11) is 1.75. The van der Waals surface area contributed by atoms with Crippen LogP contribution < -0.4 is 10.6 Å². The molecule has 0 bridgehead atoms. The summed E-state index contributed by atoms with van der Waals surface area (Å²) in [5.41, 5.74) is 7.53. The van der Waals surface area contributed by atoms with Gasteiger partial charge in [-0.15, -0.1) is 0 Å². The van der Waals surface area contributed by atoms with Gasteiger partial charge in [-0.3, -0.25) is 4.79 Å². The Hall–Kier alpha value is -1.35. The van der Waals surface area contributed by atoms with E-state index in [0.29, 0.717) is 0 Å². The predicted molar refractivity (Wildman–Crippen MR) is 67.5 cm³/mol. The molecule has 88 valence electrons. The van der Waals surface area contributed by atoms with Crippen LogP contribution >= 0.6 is 0 Å². The van der Waals surface area contributed by atoms with E-state index >= 15 is 0 Å². The lowest BCUT2D eigenvalue weighted by Crippen LogP contribution is -2.32. The summed E-state index contributed by atoms with van der Waals surface area (Å²) in [5, 5.41) is 0. The van der Waals surface area contributed by atoms with Gasteiger partial charge in [-0.05, 0) is 30.5 Å². The molecule has 1 aromatic rings. The van der Waals surface area contributed by atoms with Crippen molar-refractivity contribution in [3.05, 3.63) is 29.8 Å². The number of hydrogen-bond donors (Lipinski definition) is 1. The molecule has 0 saturated carbocycles. The number of benzene rings is 1. The molecule has 0 spiro atoms. The zero-order valence-electron chi connectivity index (χ0n) is 10.1. The second kappa shape index (κ2) is 6.28. The van der Waals surface area contributed by atoms with E-state index in [0.717, 1.165) is 12.1 Å². The van der Waals surface area contributed by atoms with Crippen molar-refractivity contribution in [2.45, 2.75) is 26.2 Å². The highest BCUT2D eigenvalue weighted by atomic mass is 16.2. The van der Waals surface area contributed by atoms with Crippen molar-refractivity contribution in [3.8, 4) is 0 Å². The number of rotatable bonds is 5. The molecule has 0 unspecified atom stereocenters. The van der Waals surface area contributed by atoms with Crippen LogP contribution in [0.5, 0.6) is 0 Å². The van der Waals surface area contributed by atoms with E-state index < -0.39 is 0 Å². The quantitative estimate of drug-likeness (QED) is 0.824. The van der Waals surface area contributed by atoms with Gasteiger partial charge in [0.15, 0.2) is 0 Å². The van der Waals surface area contributed by atoms with Crippen molar-refractivity contribution in [1.82, 2.24) is 0 Å². The van der Waals surface area contributed by atoms with Crippen molar-refractivity contribution in [3.63, 3.8) is 0 Å². The molecule has 0 saturated heterocycles. The monoisotopic (exact) mass is 220 g/mol. The van der Waals surface area contributed by atoms with Crippen LogP contribution in [0, 0.1) is 0 Å². The Kier molecular flexibility index (Phi) is 4.99.